The molecule has 0 bridgehead atoms. The summed E-state index contributed by atoms with van der Waals surface area (Å²) in [6, 6.07) is 48.2. The summed E-state index contributed by atoms with van der Waals surface area (Å²) in [5, 5.41) is 6.15. The number of rotatable bonds is 8. The molecule has 0 amide bonds. The molecule has 14 heteroatoms. The standard InChI is InChI=1S/C26H35O2P.C19H15NO.C18H12BrNO.C3H9B3O3.CH4/c1-27-23-17-11-18-24(28-2)26(23)22-16-9-10-19-25(22)29(20-12-5-3-6-13-20)21-14-7-4-8-15-21;1-12-10-17(20-11-13(12)2)16-8-5-7-15-14-6-3-4-9-18(14)21-19(15)16;1-11-9-16(20-10-15(11)19)14-7-4-6-13-12-5-2-3-8-17(12)21-18(13)14;1-4-7-5(2)9-6(3)8-4;/h9-11,16-21H,3-8,12-15H2,1-2H3;3-11H,1-2H3;2-10H,1H3;1-3H3;1H4. The van der Waals surface area contributed by atoms with Crippen molar-refractivity contribution in [2.45, 2.75) is 124 Å². The molecule has 5 heterocycles. The number of methoxy groups -OCH3 is 2. The van der Waals surface area contributed by atoms with Gasteiger partial charge in [-0.1, -0.05) is 145 Å². The number of hydrogen-bond donors (Lipinski definition) is 0. The zero-order chi connectivity index (χ0) is 55.7. The Hall–Kier alpha value is -6.20. The Labute approximate surface area is 490 Å². The van der Waals surface area contributed by atoms with Gasteiger partial charge in [0.25, 0.3) is 0 Å². The maximum Gasteiger partial charge on any atom is 0.426 e. The molecule has 10 aromatic rings. The number of aromatic nitrogens is 2. The predicted molar refractivity (Wildman–Crippen MR) is 346 cm³/mol. The molecule has 6 aromatic carbocycles. The lowest BCUT2D eigenvalue weighted by molar-refractivity contribution is 0.294. The predicted octanol–water partition coefficient (Wildman–Crippen LogP) is 19.2. The second-order valence-electron chi connectivity index (χ2n) is 21.2. The molecule has 0 atom stereocenters. The fourth-order valence-electron chi connectivity index (χ4n) is 11.7. The van der Waals surface area contributed by atoms with Crippen molar-refractivity contribution in [2.75, 3.05) is 14.2 Å². The molecule has 416 valence electrons. The number of furan rings is 2. The number of aryl methyl sites for hydroxylation is 3. The molecule has 4 aromatic heterocycles. The van der Waals surface area contributed by atoms with E-state index >= 15 is 0 Å². The number of benzene rings is 6. The van der Waals surface area contributed by atoms with Gasteiger partial charge in [0.2, 0.25) is 0 Å². The second-order valence-corrected chi connectivity index (χ2v) is 24.8. The molecule has 0 radical (unpaired) electrons. The van der Waals surface area contributed by atoms with Crippen LogP contribution in [0.1, 0.15) is 88.3 Å². The first-order valence-corrected chi connectivity index (χ1v) is 30.7. The number of pyridine rings is 2. The van der Waals surface area contributed by atoms with Crippen LogP contribution in [-0.4, -0.2) is 56.9 Å². The van der Waals surface area contributed by atoms with E-state index in [1.165, 1.54) is 80.9 Å². The minimum atomic E-state index is -0.182. The van der Waals surface area contributed by atoms with Crippen molar-refractivity contribution in [3.8, 4) is 45.1 Å². The van der Waals surface area contributed by atoms with Crippen LogP contribution in [0.15, 0.2) is 165 Å². The highest BCUT2D eigenvalue weighted by Crippen LogP contribution is 2.57. The summed E-state index contributed by atoms with van der Waals surface area (Å²) in [7, 11) is 2.95. The largest absolute Gasteiger partial charge is 0.496 e. The van der Waals surface area contributed by atoms with Crippen LogP contribution in [0.3, 0.4) is 0 Å². The summed E-state index contributed by atoms with van der Waals surface area (Å²) in [5.74, 6) is 1.83. The van der Waals surface area contributed by atoms with Crippen LogP contribution in [0.5, 0.6) is 11.5 Å². The van der Waals surface area contributed by atoms with Gasteiger partial charge in [0.1, 0.15) is 33.8 Å². The van der Waals surface area contributed by atoms with Crippen molar-refractivity contribution < 1.29 is 32.0 Å². The highest BCUT2D eigenvalue weighted by molar-refractivity contribution is 9.10. The first-order valence-electron chi connectivity index (χ1n) is 28.4. The average molecular weight is 1160 g/mol. The summed E-state index contributed by atoms with van der Waals surface area (Å²) in [4.78, 5) is 9.09. The molecule has 3 aliphatic rings. The minimum Gasteiger partial charge on any atom is -0.496 e. The first-order chi connectivity index (χ1) is 39.0. The molecule has 9 nitrogen and oxygen atoms in total. The molecule has 81 heavy (non-hydrogen) atoms. The molecule has 2 saturated carbocycles. The van der Waals surface area contributed by atoms with Gasteiger partial charge in [0.15, 0.2) is 0 Å². The Morgan fingerprint density at radius 1 is 0.481 bits per heavy atom. The summed E-state index contributed by atoms with van der Waals surface area (Å²) >= 11 is 3.49. The van der Waals surface area contributed by atoms with Gasteiger partial charge >= 0.3 is 21.4 Å². The number of nitrogens with zero attached hydrogens (tertiary/aromatic N) is 2. The summed E-state index contributed by atoms with van der Waals surface area (Å²) < 4.78 is 40.1. The van der Waals surface area contributed by atoms with Crippen LogP contribution in [0, 0.1) is 20.8 Å². The van der Waals surface area contributed by atoms with Gasteiger partial charge in [-0.05, 0) is 170 Å². The van der Waals surface area contributed by atoms with Crippen molar-refractivity contribution >= 4 is 94.4 Å². The SMILES string of the molecule is C.CB1OB(C)OB(C)O1.COc1cccc(OC)c1-c1ccccc1P(C1CCCCC1)C1CCCCC1.Cc1cc(-c2cccc3c2oc2ccccc23)ncc1Br.Cc1cnc(-c2cccc3c2oc2ccccc23)cc1C. The molecule has 1 saturated heterocycles. The number of para-hydroxylation sites is 4. The fourth-order valence-corrected chi connectivity index (χ4v) is 15.9. The molecule has 3 fully saturated rings. The van der Waals surface area contributed by atoms with Gasteiger partial charge in [-0.2, -0.15) is 0 Å². The van der Waals surface area contributed by atoms with Crippen molar-refractivity contribution in [1.82, 2.24) is 9.97 Å². The van der Waals surface area contributed by atoms with Gasteiger partial charge in [-0.3, -0.25) is 9.97 Å². The van der Waals surface area contributed by atoms with E-state index in [-0.39, 0.29) is 36.7 Å². The zero-order valence-corrected chi connectivity index (χ0v) is 49.9. The summed E-state index contributed by atoms with van der Waals surface area (Å²) in [5.41, 5.74) is 15.4. The van der Waals surface area contributed by atoms with Crippen LogP contribution in [-0.2, 0) is 13.7 Å². The number of halogens is 1. The summed E-state index contributed by atoms with van der Waals surface area (Å²) in [6.07, 6.45) is 17.9. The molecule has 0 unspecified atom stereocenters. The zero-order valence-electron chi connectivity index (χ0n) is 47.5. The topological polar surface area (TPSA) is 98.2 Å². The number of fused-ring (bicyclic) bond motifs is 6. The maximum absolute atomic E-state index is 6.07. The summed E-state index contributed by atoms with van der Waals surface area (Å²) in [6.45, 7) is 11.8. The van der Waals surface area contributed by atoms with Gasteiger partial charge < -0.3 is 32.0 Å². The van der Waals surface area contributed by atoms with Crippen molar-refractivity contribution in [2.24, 2.45) is 0 Å². The quantitative estimate of drug-likeness (QED) is 0.109. The van der Waals surface area contributed by atoms with Crippen LogP contribution in [0.25, 0.3) is 77.5 Å². The van der Waals surface area contributed by atoms with E-state index in [0.717, 1.165) is 105 Å². The lowest BCUT2D eigenvalue weighted by Gasteiger charge is -2.39. The van der Waals surface area contributed by atoms with Crippen molar-refractivity contribution in [1.29, 1.82) is 0 Å². The molecule has 0 spiro atoms. The first kappa shape index (κ1) is 59.4. The monoisotopic (exact) mass is 1160 g/mol. The average Bonchev–Trinajstić information content (AvgIpc) is 4.21. The maximum atomic E-state index is 6.07. The van der Waals surface area contributed by atoms with E-state index in [4.69, 9.17) is 32.0 Å². The van der Waals surface area contributed by atoms with Crippen molar-refractivity contribution in [3.63, 3.8) is 0 Å². The Balaban J connectivity index is 0.000000137. The van der Waals surface area contributed by atoms with E-state index in [1.54, 1.807) is 19.5 Å². The lowest BCUT2D eigenvalue weighted by Crippen LogP contribution is -2.44. The third-order valence-electron chi connectivity index (χ3n) is 15.7. The Kier molecular flexibility index (Phi) is 20.3. The highest BCUT2D eigenvalue weighted by atomic mass is 79.9. The highest BCUT2D eigenvalue weighted by Gasteiger charge is 2.35. The smallest absolute Gasteiger partial charge is 0.426 e. The third-order valence-corrected chi connectivity index (χ3v) is 20.1. The normalized spacial score (nSPS) is 14.9. The van der Waals surface area contributed by atoms with Gasteiger partial charge in [0.05, 0.1) is 31.2 Å². The molecule has 0 N–H and O–H groups in total. The van der Waals surface area contributed by atoms with Crippen LogP contribution in [0.4, 0.5) is 0 Å². The van der Waals surface area contributed by atoms with Gasteiger partial charge in [-0.25, -0.2) is 0 Å². The van der Waals surface area contributed by atoms with Gasteiger partial charge in [-0.15, -0.1) is 0 Å². The van der Waals surface area contributed by atoms with E-state index in [0.29, 0.717) is 0 Å². The van der Waals surface area contributed by atoms with Gasteiger partial charge in [0, 0.05) is 49.5 Å². The Morgan fingerprint density at radius 2 is 0.901 bits per heavy atom. The van der Waals surface area contributed by atoms with E-state index < -0.39 is 0 Å². The fraction of sp³-hybridized carbons (Fsp3) is 0.313. The van der Waals surface area contributed by atoms with Crippen molar-refractivity contribution in [3.05, 3.63) is 173 Å². The third kappa shape index (κ3) is 13.7. The Bertz CT molecular complexity index is 3480. The second kappa shape index (κ2) is 27.7. The number of ether oxygens (including phenoxy) is 2. The van der Waals surface area contributed by atoms with E-state index in [9.17, 15) is 0 Å². The molecule has 2 aliphatic carbocycles. The van der Waals surface area contributed by atoms with Crippen LogP contribution in [0.2, 0.25) is 20.5 Å². The number of hydrogen-bond acceptors (Lipinski definition) is 9. The Morgan fingerprint density at radius 3 is 1.38 bits per heavy atom. The molecule has 13 rings (SSSR count). The molecular weight excluding hydrogens is 1090 g/mol. The lowest BCUT2D eigenvalue weighted by atomic mass is 9.74. The molecule has 1 aliphatic heterocycles. The van der Waals surface area contributed by atoms with Crippen LogP contribution < -0.4 is 14.8 Å². The minimum absolute atomic E-state index is 0. The van der Waals surface area contributed by atoms with E-state index in [1.807, 2.05) is 75.3 Å². The van der Waals surface area contributed by atoms with Crippen LogP contribution >= 0.6 is 23.9 Å². The molecular formula is C67H75B3BrN2O7P. The van der Waals surface area contributed by atoms with E-state index in [2.05, 4.69) is 144 Å².